The van der Waals surface area contributed by atoms with Gasteiger partial charge in [-0.05, 0) is 76.5 Å². The average molecular weight is 484 g/mol. The van der Waals surface area contributed by atoms with Crippen LogP contribution >= 0.6 is 27.3 Å². The molecule has 2 aromatic heterocycles. The van der Waals surface area contributed by atoms with Gasteiger partial charge in [0.15, 0.2) is 0 Å². The summed E-state index contributed by atoms with van der Waals surface area (Å²) in [5.74, 6) is 1.25. The van der Waals surface area contributed by atoms with E-state index in [0.29, 0.717) is 12.0 Å². The molecule has 3 heterocycles. The number of thiazole rings is 1. The number of aromatic nitrogens is 3. The second kappa shape index (κ2) is 8.36. The van der Waals surface area contributed by atoms with E-state index in [0.717, 1.165) is 45.3 Å². The van der Waals surface area contributed by atoms with Crippen molar-refractivity contribution >= 4 is 33.2 Å². The maximum atomic E-state index is 5.18. The molecule has 7 heteroatoms. The zero-order valence-electron chi connectivity index (χ0n) is 17.4. The van der Waals surface area contributed by atoms with Crippen LogP contribution in [0.3, 0.4) is 0 Å². The number of anilines is 1. The van der Waals surface area contributed by atoms with Gasteiger partial charge >= 0.3 is 0 Å². The lowest BCUT2D eigenvalue weighted by molar-refractivity contribution is 0.255. The fourth-order valence-electron chi connectivity index (χ4n) is 3.89. The van der Waals surface area contributed by atoms with Crippen molar-refractivity contribution in [1.82, 2.24) is 19.9 Å². The second-order valence-electron chi connectivity index (χ2n) is 8.46. The number of benzene rings is 1. The predicted octanol–water partition coefficient (Wildman–Crippen LogP) is 5.72. The largest absolute Gasteiger partial charge is 0.351 e. The van der Waals surface area contributed by atoms with Crippen LogP contribution in [-0.2, 0) is 0 Å². The molecule has 1 aromatic carbocycles. The van der Waals surface area contributed by atoms with Gasteiger partial charge in [0.1, 0.15) is 0 Å². The number of nitrogens with one attached hydrogen (secondary N) is 1. The third-order valence-electron chi connectivity index (χ3n) is 5.94. The van der Waals surface area contributed by atoms with Crippen molar-refractivity contribution in [2.24, 2.45) is 0 Å². The molecule has 5 nitrogen and oxygen atoms in total. The molecule has 2 fully saturated rings. The summed E-state index contributed by atoms with van der Waals surface area (Å²) in [7, 11) is 2.20. The first kappa shape index (κ1) is 20.1. The molecule has 1 saturated carbocycles. The van der Waals surface area contributed by atoms with E-state index in [1.807, 2.05) is 23.6 Å². The molecule has 0 radical (unpaired) electrons. The molecule has 0 amide bonds. The first-order valence-electron chi connectivity index (χ1n) is 10.6. The normalized spacial score (nSPS) is 18.0. The molecule has 0 atom stereocenters. The quantitative estimate of drug-likeness (QED) is 0.502. The molecule has 2 aliphatic rings. The highest BCUT2D eigenvalue weighted by molar-refractivity contribution is 9.10. The Morgan fingerprint density at radius 2 is 1.90 bits per heavy atom. The lowest BCUT2D eigenvalue weighted by Crippen LogP contribution is -2.29. The third kappa shape index (κ3) is 4.29. The monoisotopic (exact) mass is 483 g/mol. The Labute approximate surface area is 190 Å². The van der Waals surface area contributed by atoms with Crippen molar-refractivity contribution in [2.45, 2.75) is 44.6 Å². The van der Waals surface area contributed by atoms with E-state index in [-0.39, 0.29) is 0 Å². The van der Waals surface area contributed by atoms with Gasteiger partial charge in [0.2, 0.25) is 5.95 Å². The van der Waals surface area contributed by atoms with Crippen molar-refractivity contribution in [3.05, 3.63) is 45.5 Å². The molecule has 3 aromatic rings. The number of piperidine rings is 1. The molecule has 0 spiro atoms. The number of aryl methyl sites for hydroxylation is 1. The summed E-state index contributed by atoms with van der Waals surface area (Å²) >= 11 is 5.43. The molecule has 1 N–H and O–H groups in total. The summed E-state index contributed by atoms with van der Waals surface area (Å²) in [5.41, 5.74) is 4.36. The summed E-state index contributed by atoms with van der Waals surface area (Å²) in [6, 6.07) is 9.03. The Kier molecular flexibility index (Phi) is 5.60. The summed E-state index contributed by atoms with van der Waals surface area (Å²) in [6.45, 7) is 4.39. The number of hydrogen-bond donors (Lipinski definition) is 1. The van der Waals surface area contributed by atoms with Crippen LogP contribution in [0.15, 0.2) is 34.9 Å². The molecular weight excluding hydrogens is 458 g/mol. The molecular formula is C23H26BrN5S. The number of nitrogens with zero attached hydrogens (tertiary/aromatic N) is 4. The highest BCUT2D eigenvalue weighted by atomic mass is 79.9. The van der Waals surface area contributed by atoms with E-state index in [4.69, 9.17) is 9.97 Å². The third-order valence-corrected chi connectivity index (χ3v) is 8.07. The number of halogens is 1. The smallest absolute Gasteiger partial charge is 0.223 e. The number of hydrogen-bond acceptors (Lipinski definition) is 6. The van der Waals surface area contributed by atoms with Gasteiger partial charge in [-0.2, -0.15) is 0 Å². The molecule has 1 aliphatic heterocycles. The van der Waals surface area contributed by atoms with Crippen LogP contribution in [-0.4, -0.2) is 46.0 Å². The van der Waals surface area contributed by atoms with E-state index in [2.05, 4.69) is 63.3 Å². The van der Waals surface area contributed by atoms with Gasteiger partial charge < -0.3 is 10.2 Å². The van der Waals surface area contributed by atoms with E-state index in [1.54, 1.807) is 0 Å². The lowest BCUT2D eigenvalue weighted by atomic mass is 9.98. The van der Waals surface area contributed by atoms with Gasteiger partial charge in [0.25, 0.3) is 0 Å². The van der Waals surface area contributed by atoms with E-state index >= 15 is 0 Å². The Morgan fingerprint density at radius 3 is 2.63 bits per heavy atom. The van der Waals surface area contributed by atoms with Gasteiger partial charge in [0.05, 0.1) is 21.3 Å². The molecule has 30 heavy (non-hydrogen) atoms. The average Bonchev–Trinajstić information content (AvgIpc) is 3.45. The summed E-state index contributed by atoms with van der Waals surface area (Å²) in [5, 5.41) is 4.67. The summed E-state index contributed by atoms with van der Waals surface area (Å²) in [4.78, 5) is 18.0. The molecule has 0 bridgehead atoms. The highest BCUT2D eigenvalue weighted by Crippen LogP contribution is 2.41. The molecule has 1 aliphatic carbocycles. The first-order chi connectivity index (χ1) is 14.6. The van der Waals surface area contributed by atoms with Gasteiger partial charge in [-0.1, -0.05) is 22.0 Å². The maximum absolute atomic E-state index is 5.18. The molecule has 0 unspecified atom stereocenters. The van der Waals surface area contributed by atoms with Crippen LogP contribution in [0.25, 0.3) is 21.8 Å². The van der Waals surface area contributed by atoms with Crippen LogP contribution < -0.4 is 5.32 Å². The van der Waals surface area contributed by atoms with Crippen LogP contribution in [0.5, 0.6) is 0 Å². The van der Waals surface area contributed by atoms with Gasteiger partial charge in [-0.15, -0.1) is 11.3 Å². The van der Waals surface area contributed by atoms with Gasteiger partial charge in [-0.25, -0.2) is 15.0 Å². The van der Waals surface area contributed by atoms with Gasteiger partial charge in [0, 0.05) is 28.2 Å². The van der Waals surface area contributed by atoms with Crippen molar-refractivity contribution in [3.63, 3.8) is 0 Å². The Morgan fingerprint density at radius 1 is 1.10 bits per heavy atom. The van der Waals surface area contributed by atoms with Crippen molar-refractivity contribution in [2.75, 3.05) is 25.5 Å². The number of likely N-dealkylation sites (tertiary alicyclic amines) is 1. The minimum absolute atomic E-state index is 0.529. The minimum atomic E-state index is 0.529. The van der Waals surface area contributed by atoms with Crippen molar-refractivity contribution in [1.29, 1.82) is 0 Å². The van der Waals surface area contributed by atoms with Crippen LogP contribution in [0.4, 0.5) is 5.95 Å². The Balaban J connectivity index is 1.56. The summed E-state index contributed by atoms with van der Waals surface area (Å²) < 4.78 is 1.12. The van der Waals surface area contributed by atoms with Crippen molar-refractivity contribution in [3.8, 4) is 21.8 Å². The standard InChI is InChI=1S/C23H26BrN5S/c1-14-13-16(3-6-18(14)24)20-21(19-7-10-25-23(27-19)26-17-4-5-17)30-22(28-20)15-8-11-29(2)12-9-15/h3,6-7,10,13,15,17H,4-5,8-9,11-12H2,1-2H3,(H,25,26,27). The number of rotatable bonds is 5. The Hall–Kier alpha value is -1.83. The van der Waals surface area contributed by atoms with Crippen LogP contribution in [0.1, 0.15) is 42.2 Å². The van der Waals surface area contributed by atoms with E-state index < -0.39 is 0 Å². The van der Waals surface area contributed by atoms with E-state index in [1.165, 1.54) is 36.3 Å². The van der Waals surface area contributed by atoms with Gasteiger partial charge in [-0.3, -0.25) is 0 Å². The molecule has 1 saturated heterocycles. The maximum Gasteiger partial charge on any atom is 0.223 e. The fraction of sp³-hybridized carbons (Fsp3) is 0.435. The highest BCUT2D eigenvalue weighted by Gasteiger charge is 2.26. The Bertz CT molecular complexity index is 1050. The second-order valence-corrected chi connectivity index (χ2v) is 10.3. The SMILES string of the molecule is Cc1cc(-c2nc(C3CCN(C)CC3)sc2-c2ccnc(NC3CC3)n2)ccc1Br. The fourth-order valence-corrected chi connectivity index (χ4v) is 5.37. The topological polar surface area (TPSA) is 53.9 Å². The van der Waals surface area contributed by atoms with Crippen molar-refractivity contribution < 1.29 is 0 Å². The van der Waals surface area contributed by atoms with Crippen LogP contribution in [0, 0.1) is 6.92 Å². The van der Waals surface area contributed by atoms with Crippen LogP contribution in [0.2, 0.25) is 0 Å². The lowest BCUT2D eigenvalue weighted by Gasteiger charge is -2.27. The zero-order chi connectivity index (χ0) is 20.7. The molecule has 156 valence electrons. The first-order valence-corrected chi connectivity index (χ1v) is 12.2. The summed E-state index contributed by atoms with van der Waals surface area (Å²) in [6.07, 6.45) is 6.61. The zero-order valence-corrected chi connectivity index (χ0v) is 19.8. The van der Waals surface area contributed by atoms with E-state index in [9.17, 15) is 0 Å². The minimum Gasteiger partial charge on any atom is -0.351 e. The predicted molar refractivity (Wildman–Crippen MR) is 127 cm³/mol. The molecule has 5 rings (SSSR count).